The summed E-state index contributed by atoms with van der Waals surface area (Å²) in [6, 6.07) is 14.4. The first-order chi connectivity index (χ1) is 12.2. The third-order valence-corrected chi connectivity index (χ3v) is 3.80. The number of allylic oxidation sites excluding steroid dienone is 1. The second-order valence-electron chi connectivity index (χ2n) is 5.36. The van der Waals surface area contributed by atoms with Crippen molar-refractivity contribution >= 4 is 11.8 Å². The predicted octanol–water partition coefficient (Wildman–Crippen LogP) is 3.66. The highest BCUT2D eigenvalue weighted by atomic mass is 16.5. The van der Waals surface area contributed by atoms with E-state index in [4.69, 9.17) is 9.47 Å². The molecule has 2 aromatic rings. The Morgan fingerprint density at radius 3 is 2.08 bits per heavy atom. The van der Waals surface area contributed by atoms with E-state index in [2.05, 4.69) is 10.6 Å². The molecule has 0 saturated carbocycles. The molecule has 0 aliphatic carbocycles. The molecule has 0 heterocycles. The van der Waals surface area contributed by atoms with Crippen LogP contribution in [0.3, 0.4) is 0 Å². The van der Waals surface area contributed by atoms with Crippen molar-refractivity contribution in [3.8, 4) is 11.5 Å². The van der Waals surface area contributed by atoms with Gasteiger partial charge in [-0.15, -0.1) is 0 Å². The standard InChI is InChI=1S/C19H22N2O4/c1-24-17-9-4-14(5-10-17)3-8-16(20-22)13-19(21-23)15-6-11-18(25-2)12-7-15/h3-12,19,21-23H,13H2,1-2H3/b8-3+,20-16-. The van der Waals surface area contributed by atoms with E-state index in [1.165, 1.54) is 0 Å². The van der Waals surface area contributed by atoms with Crippen LogP contribution in [0, 0.1) is 0 Å². The van der Waals surface area contributed by atoms with Crippen LogP contribution in [0.5, 0.6) is 11.5 Å². The Labute approximate surface area is 147 Å². The average molecular weight is 342 g/mol. The van der Waals surface area contributed by atoms with Crippen LogP contribution >= 0.6 is 0 Å². The first kappa shape index (κ1) is 18.5. The monoisotopic (exact) mass is 342 g/mol. The number of hydrogen-bond acceptors (Lipinski definition) is 6. The Bertz CT molecular complexity index is 709. The first-order valence-corrected chi connectivity index (χ1v) is 7.76. The number of hydroxylamine groups is 1. The minimum Gasteiger partial charge on any atom is -0.497 e. The fraction of sp³-hybridized carbons (Fsp3) is 0.211. The van der Waals surface area contributed by atoms with E-state index >= 15 is 0 Å². The van der Waals surface area contributed by atoms with Gasteiger partial charge in [0.15, 0.2) is 0 Å². The van der Waals surface area contributed by atoms with Gasteiger partial charge in [0.2, 0.25) is 0 Å². The topological polar surface area (TPSA) is 83.3 Å². The zero-order valence-corrected chi connectivity index (χ0v) is 14.2. The Hall–Kier alpha value is -2.83. The van der Waals surface area contributed by atoms with Crippen LogP contribution in [0.4, 0.5) is 0 Å². The van der Waals surface area contributed by atoms with Gasteiger partial charge >= 0.3 is 0 Å². The molecule has 1 atom stereocenters. The average Bonchev–Trinajstić information content (AvgIpc) is 2.69. The lowest BCUT2D eigenvalue weighted by molar-refractivity contribution is 0.128. The van der Waals surface area contributed by atoms with Gasteiger partial charge in [-0.05, 0) is 41.5 Å². The molecule has 0 spiro atoms. The largest absolute Gasteiger partial charge is 0.497 e. The highest BCUT2D eigenvalue weighted by molar-refractivity contribution is 5.98. The van der Waals surface area contributed by atoms with Crippen molar-refractivity contribution in [2.75, 3.05) is 14.2 Å². The molecule has 0 fully saturated rings. The number of oxime groups is 1. The summed E-state index contributed by atoms with van der Waals surface area (Å²) < 4.78 is 10.2. The van der Waals surface area contributed by atoms with Gasteiger partial charge in [-0.25, -0.2) is 0 Å². The Balaban J connectivity index is 2.06. The SMILES string of the molecule is COc1ccc(/C=C/C(CC(NO)c2ccc(OC)cc2)=N/O)cc1. The van der Waals surface area contributed by atoms with E-state index in [0.717, 1.165) is 22.6 Å². The molecule has 0 aliphatic rings. The smallest absolute Gasteiger partial charge is 0.118 e. The number of nitrogens with zero attached hydrogens (tertiary/aromatic N) is 1. The lowest BCUT2D eigenvalue weighted by Crippen LogP contribution is -2.20. The number of hydrogen-bond donors (Lipinski definition) is 3. The van der Waals surface area contributed by atoms with Crippen molar-refractivity contribution < 1.29 is 19.9 Å². The zero-order valence-electron chi connectivity index (χ0n) is 14.2. The maximum atomic E-state index is 9.44. The lowest BCUT2D eigenvalue weighted by atomic mass is 10.0. The zero-order chi connectivity index (χ0) is 18.1. The van der Waals surface area contributed by atoms with E-state index in [0.29, 0.717) is 12.1 Å². The fourth-order valence-electron chi connectivity index (χ4n) is 2.33. The molecule has 6 heteroatoms. The highest BCUT2D eigenvalue weighted by Crippen LogP contribution is 2.21. The molecule has 3 N–H and O–H groups in total. The van der Waals surface area contributed by atoms with E-state index < -0.39 is 6.04 Å². The number of nitrogens with one attached hydrogen (secondary N) is 1. The summed E-state index contributed by atoms with van der Waals surface area (Å²) in [4.78, 5) is 0. The summed E-state index contributed by atoms with van der Waals surface area (Å²) in [6.45, 7) is 0. The van der Waals surface area contributed by atoms with Crippen LogP contribution < -0.4 is 15.0 Å². The van der Waals surface area contributed by atoms with Crippen molar-refractivity contribution in [1.82, 2.24) is 5.48 Å². The van der Waals surface area contributed by atoms with Gasteiger partial charge in [0.1, 0.15) is 11.5 Å². The molecule has 6 nitrogen and oxygen atoms in total. The second-order valence-corrected chi connectivity index (χ2v) is 5.36. The van der Waals surface area contributed by atoms with Gasteiger partial charge in [-0.2, -0.15) is 5.48 Å². The van der Waals surface area contributed by atoms with Gasteiger partial charge < -0.3 is 19.9 Å². The molecule has 0 aliphatic heterocycles. The van der Waals surface area contributed by atoms with Crippen LogP contribution in [0.15, 0.2) is 59.8 Å². The molecular weight excluding hydrogens is 320 g/mol. The van der Waals surface area contributed by atoms with Crippen LogP contribution in [-0.2, 0) is 0 Å². The molecule has 2 rings (SSSR count). The number of rotatable bonds is 8. The molecule has 132 valence electrons. The molecule has 0 aromatic heterocycles. The summed E-state index contributed by atoms with van der Waals surface area (Å²) in [5, 5.41) is 22.0. The van der Waals surface area contributed by atoms with Gasteiger partial charge in [0.25, 0.3) is 0 Å². The second kappa shape index (κ2) is 9.46. The summed E-state index contributed by atoms with van der Waals surface area (Å²) in [6.07, 6.45) is 3.85. The van der Waals surface area contributed by atoms with Gasteiger partial charge in [0.05, 0.1) is 26.0 Å². The number of methoxy groups -OCH3 is 2. The normalized spacial score (nSPS) is 13.0. The first-order valence-electron chi connectivity index (χ1n) is 7.76. The van der Waals surface area contributed by atoms with Crippen molar-refractivity contribution in [3.05, 3.63) is 65.7 Å². The molecule has 0 bridgehead atoms. The molecule has 1 unspecified atom stereocenters. The number of benzene rings is 2. The maximum absolute atomic E-state index is 9.44. The van der Waals surface area contributed by atoms with Gasteiger partial charge in [-0.3, -0.25) is 0 Å². The van der Waals surface area contributed by atoms with E-state index in [1.54, 1.807) is 20.3 Å². The summed E-state index contributed by atoms with van der Waals surface area (Å²) in [5.74, 6) is 1.51. The third kappa shape index (κ3) is 5.34. The van der Waals surface area contributed by atoms with E-state index in [-0.39, 0.29) is 0 Å². The minimum absolute atomic E-state index is 0.311. The molecule has 2 aromatic carbocycles. The van der Waals surface area contributed by atoms with Crippen molar-refractivity contribution in [3.63, 3.8) is 0 Å². The van der Waals surface area contributed by atoms with E-state index in [1.807, 2.05) is 54.6 Å². The minimum atomic E-state index is -0.405. The molecular formula is C19H22N2O4. The van der Waals surface area contributed by atoms with Gasteiger partial charge in [0, 0.05) is 6.42 Å². The van der Waals surface area contributed by atoms with E-state index in [9.17, 15) is 10.4 Å². The Morgan fingerprint density at radius 1 is 1.04 bits per heavy atom. The van der Waals surface area contributed by atoms with Crippen LogP contribution in [-0.4, -0.2) is 30.3 Å². The molecule has 0 amide bonds. The summed E-state index contributed by atoms with van der Waals surface area (Å²) in [7, 11) is 3.21. The van der Waals surface area contributed by atoms with Crippen molar-refractivity contribution in [1.29, 1.82) is 0 Å². The quantitative estimate of drug-likeness (QED) is 0.387. The highest BCUT2D eigenvalue weighted by Gasteiger charge is 2.13. The van der Waals surface area contributed by atoms with Crippen LogP contribution in [0.25, 0.3) is 6.08 Å². The summed E-state index contributed by atoms with van der Waals surface area (Å²) in [5.41, 5.74) is 4.47. The molecule has 25 heavy (non-hydrogen) atoms. The maximum Gasteiger partial charge on any atom is 0.118 e. The number of ether oxygens (including phenoxy) is 2. The van der Waals surface area contributed by atoms with Crippen LogP contribution in [0.2, 0.25) is 0 Å². The fourth-order valence-corrected chi connectivity index (χ4v) is 2.33. The molecule has 0 saturated heterocycles. The van der Waals surface area contributed by atoms with Gasteiger partial charge in [-0.1, -0.05) is 35.5 Å². The lowest BCUT2D eigenvalue weighted by Gasteiger charge is -2.15. The Kier molecular flexibility index (Phi) is 7.00. The third-order valence-electron chi connectivity index (χ3n) is 3.80. The van der Waals surface area contributed by atoms with Crippen LogP contribution in [0.1, 0.15) is 23.6 Å². The van der Waals surface area contributed by atoms with Crippen molar-refractivity contribution in [2.45, 2.75) is 12.5 Å². The summed E-state index contributed by atoms with van der Waals surface area (Å²) >= 11 is 0. The predicted molar refractivity (Wildman–Crippen MR) is 96.5 cm³/mol. The van der Waals surface area contributed by atoms with Crippen molar-refractivity contribution in [2.24, 2.45) is 5.16 Å². The molecule has 0 radical (unpaired) electrons. The Morgan fingerprint density at radius 2 is 1.60 bits per heavy atom.